The molecule has 1 aromatic rings. The van der Waals surface area contributed by atoms with Gasteiger partial charge in [0.25, 0.3) is 0 Å². The third-order valence-corrected chi connectivity index (χ3v) is 7.43. The monoisotopic (exact) mass is 451 g/mol. The van der Waals surface area contributed by atoms with Gasteiger partial charge in [-0.1, -0.05) is 19.3 Å². The molecule has 0 bridgehead atoms. The van der Waals surface area contributed by atoms with Gasteiger partial charge >= 0.3 is 5.69 Å². The van der Waals surface area contributed by atoms with Crippen molar-refractivity contribution in [3.8, 4) is 0 Å². The summed E-state index contributed by atoms with van der Waals surface area (Å²) >= 11 is 0. The summed E-state index contributed by atoms with van der Waals surface area (Å²) in [5.74, 6) is 1.68. The number of hydrogen-bond acceptors (Lipinski definition) is 10. The van der Waals surface area contributed by atoms with Gasteiger partial charge in [-0.15, -0.1) is 0 Å². The van der Waals surface area contributed by atoms with Gasteiger partial charge in [-0.2, -0.15) is 9.97 Å². The summed E-state index contributed by atoms with van der Waals surface area (Å²) in [7, 11) is -0.915. The Labute approximate surface area is 183 Å². The third kappa shape index (κ3) is 4.95. The summed E-state index contributed by atoms with van der Waals surface area (Å²) in [4.78, 5) is 36.1. The van der Waals surface area contributed by atoms with Gasteiger partial charge in [0.05, 0.1) is 11.0 Å². The molecular weight excluding hydrogens is 422 g/mol. The van der Waals surface area contributed by atoms with Crippen molar-refractivity contribution in [3.05, 3.63) is 10.1 Å². The molecular formula is C19H29N7O4S. The molecule has 1 saturated carbocycles. The van der Waals surface area contributed by atoms with Crippen LogP contribution in [0.4, 0.5) is 23.3 Å². The van der Waals surface area contributed by atoms with E-state index >= 15 is 0 Å². The maximum Gasteiger partial charge on any atom is 0.353 e. The fourth-order valence-electron chi connectivity index (χ4n) is 4.43. The highest BCUT2D eigenvalue weighted by atomic mass is 32.2. The quantitative estimate of drug-likeness (QED) is 0.361. The van der Waals surface area contributed by atoms with Crippen LogP contribution >= 0.6 is 0 Å². The molecule has 0 aromatic carbocycles. The van der Waals surface area contributed by atoms with Crippen LogP contribution in [0.1, 0.15) is 32.1 Å². The average molecular weight is 452 g/mol. The predicted molar refractivity (Wildman–Crippen MR) is 119 cm³/mol. The van der Waals surface area contributed by atoms with E-state index in [-0.39, 0.29) is 23.4 Å². The van der Waals surface area contributed by atoms with Gasteiger partial charge in [-0.05, 0) is 12.8 Å². The predicted octanol–water partition coefficient (Wildman–Crippen LogP) is 0.675. The molecule has 1 aliphatic carbocycles. The fraction of sp³-hybridized carbons (Fsp3) is 0.737. The molecule has 170 valence electrons. The summed E-state index contributed by atoms with van der Waals surface area (Å²) in [6.45, 7) is 2.56. The van der Waals surface area contributed by atoms with Crippen molar-refractivity contribution < 1.29 is 13.9 Å². The van der Waals surface area contributed by atoms with Gasteiger partial charge in [0.1, 0.15) is 6.29 Å². The number of nitrogens with one attached hydrogen (secondary N) is 2. The minimum absolute atomic E-state index is 0.127. The molecule has 1 aromatic heterocycles. The lowest BCUT2D eigenvalue weighted by molar-refractivity contribution is -0.383. The van der Waals surface area contributed by atoms with Crippen LogP contribution in [0.25, 0.3) is 0 Å². The molecule has 0 radical (unpaired) electrons. The number of rotatable bonds is 6. The molecule has 4 rings (SSSR count). The van der Waals surface area contributed by atoms with Crippen molar-refractivity contribution >= 4 is 40.4 Å². The lowest BCUT2D eigenvalue weighted by Gasteiger charge is -2.34. The average Bonchev–Trinajstić information content (AvgIpc) is 2.79. The Balaban J connectivity index is 1.76. The van der Waals surface area contributed by atoms with Crippen molar-refractivity contribution in [3.63, 3.8) is 0 Å². The molecule has 2 N–H and O–H groups in total. The van der Waals surface area contributed by atoms with E-state index in [1.807, 2.05) is 9.80 Å². The maximum absolute atomic E-state index is 12.1. The standard InChI is InChI=1S/C19H29N7O4S/c27-13-15-12-20-6-7-25(15)19-22-17(21-14-4-2-1-3-5-14)16(26(28)29)18(23-19)24-8-10-31(30)11-9-24/h13-15,20H,1-12H2,(H,21,22,23). The van der Waals surface area contributed by atoms with Gasteiger partial charge in [-0.25, -0.2) is 0 Å². The second-order valence-electron chi connectivity index (χ2n) is 8.22. The van der Waals surface area contributed by atoms with E-state index in [4.69, 9.17) is 0 Å². The van der Waals surface area contributed by atoms with Crippen LogP contribution in [-0.4, -0.2) is 81.7 Å². The molecule has 0 amide bonds. The first kappa shape index (κ1) is 21.9. The Morgan fingerprint density at radius 1 is 1.16 bits per heavy atom. The number of carbonyl (C=O) groups is 1. The van der Waals surface area contributed by atoms with E-state index in [1.54, 1.807) is 0 Å². The van der Waals surface area contributed by atoms with E-state index in [0.29, 0.717) is 50.2 Å². The highest BCUT2D eigenvalue weighted by Crippen LogP contribution is 2.37. The molecule has 2 saturated heterocycles. The van der Waals surface area contributed by atoms with Crippen LogP contribution in [0, 0.1) is 10.1 Å². The second kappa shape index (κ2) is 9.86. The first-order chi connectivity index (χ1) is 15.1. The largest absolute Gasteiger partial charge is 0.361 e. The zero-order chi connectivity index (χ0) is 21.8. The number of aldehydes is 1. The smallest absolute Gasteiger partial charge is 0.353 e. The zero-order valence-corrected chi connectivity index (χ0v) is 18.3. The highest BCUT2D eigenvalue weighted by molar-refractivity contribution is 7.85. The van der Waals surface area contributed by atoms with Gasteiger partial charge in [0.15, 0.2) is 0 Å². The van der Waals surface area contributed by atoms with Gasteiger partial charge < -0.3 is 25.2 Å². The summed E-state index contributed by atoms with van der Waals surface area (Å²) < 4.78 is 11.8. The highest BCUT2D eigenvalue weighted by Gasteiger charge is 2.34. The topological polar surface area (TPSA) is 134 Å². The zero-order valence-electron chi connectivity index (χ0n) is 17.5. The first-order valence-electron chi connectivity index (χ1n) is 10.9. The lowest BCUT2D eigenvalue weighted by atomic mass is 9.95. The number of nitrogens with zero attached hydrogens (tertiary/aromatic N) is 5. The first-order valence-corrected chi connectivity index (χ1v) is 12.4. The summed E-state index contributed by atoms with van der Waals surface area (Å²) in [5.41, 5.74) is -0.139. The van der Waals surface area contributed by atoms with Crippen LogP contribution in [0.3, 0.4) is 0 Å². The Morgan fingerprint density at radius 2 is 1.90 bits per heavy atom. The molecule has 12 heteroatoms. The van der Waals surface area contributed by atoms with Gasteiger partial charge in [-0.3, -0.25) is 14.3 Å². The minimum Gasteiger partial charge on any atom is -0.361 e. The lowest BCUT2D eigenvalue weighted by Crippen LogP contribution is -2.53. The number of carbonyl (C=O) groups excluding carboxylic acids is 1. The van der Waals surface area contributed by atoms with E-state index < -0.39 is 21.8 Å². The molecule has 3 aliphatic rings. The molecule has 11 nitrogen and oxygen atoms in total. The van der Waals surface area contributed by atoms with Crippen LogP contribution in [0.2, 0.25) is 0 Å². The number of nitro groups is 1. The Hall–Kier alpha value is -2.34. The summed E-state index contributed by atoms with van der Waals surface area (Å²) in [6, 6.07) is -0.304. The molecule has 31 heavy (non-hydrogen) atoms. The molecule has 1 unspecified atom stereocenters. The normalized spacial score (nSPS) is 23.5. The second-order valence-corrected chi connectivity index (χ2v) is 9.91. The Kier molecular flexibility index (Phi) is 6.96. The van der Waals surface area contributed by atoms with Crippen molar-refractivity contribution in [1.82, 2.24) is 15.3 Å². The van der Waals surface area contributed by atoms with Crippen molar-refractivity contribution in [2.24, 2.45) is 0 Å². The van der Waals surface area contributed by atoms with E-state index in [2.05, 4.69) is 20.6 Å². The van der Waals surface area contributed by atoms with Crippen LogP contribution in [0.5, 0.6) is 0 Å². The number of anilines is 3. The molecule has 3 heterocycles. The maximum atomic E-state index is 12.1. The van der Waals surface area contributed by atoms with Gasteiger partial charge in [0, 0.05) is 61.1 Å². The molecule has 0 spiro atoms. The molecule has 1 atom stereocenters. The minimum atomic E-state index is -0.915. The fourth-order valence-corrected chi connectivity index (χ4v) is 5.49. The Morgan fingerprint density at radius 3 is 2.58 bits per heavy atom. The number of aromatic nitrogens is 2. The summed E-state index contributed by atoms with van der Waals surface area (Å²) in [6.07, 6.45) is 6.08. The SMILES string of the molecule is O=CC1CNCCN1c1nc(NC2CCCCC2)c([N+](=O)[O-])c(N2CCS(=O)CC2)n1. The number of piperazine rings is 1. The van der Waals surface area contributed by atoms with E-state index in [1.165, 1.54) is 6.42 Å². The third-order valence-electron chi connectivity index (χ3n) is 6.16. The van der Waals surface area contributed by atoms with Gasteiger partial charge in [0.2, 0.25) is 17.6 Å². The van der Waals surface area contributed by atoms with E-state index in [9.17, 15) is 19.1 Å². The van der Waals surface area contributed by atoms with Crippen LogP contribution in [-0.2, 0) is 15.6 Å². The number of hydrogen-bond donors (Lipinski definition) is 2. The molecule has 3 fully saturated rings. The van der Waals surface area contributed by atoms with Crippen molar-refractivity contribution in [2.45, 2.75) is 44.2 Å². The van der Waals surface area contributed by atoms with Crippen molar-refractivity contribution in [1.29, 1.82) is 0 Å². The van der Waals surface area contributed by atoms with E-state index in [0.717, 1.165) is 32.0 Å². The summed E-state index contributed by atoms with van der Waals surface area (Å²) in [5, 5.41) is 18.6. The van der Waals surface area contributed by atoms with Crippen LogP contribution in [0.15, 0.2) is 0 Å². The van der Waals surface area contributed by atoms with Crippen LogP contribution < -0.4 is 20.4 Å². The Bertz CT molecular complexity index is 839. The van der Waals surface area contributed by atoms with Crippen molar-refractivity contribution in [2.75, 3.05) is 59.3 Å². The molecule has 2 aliphatic heterocycles.